The zero-order valence-electron chi connectivity index (χ0n) is 10.1. The molecule has 0 heterocycles. The van der Waals surface area contributed by atoms with Crippen LogP contribution in [0.4, 0.5) is 0 Å². The molecule has 0 aromatic heterocycles. The molecule has 1 fully saturated rings. The van der Waals surface area contributed by atoms with Crippen molar-refractivity contribution in [3.63, 3.8) is 0 Å². The molecular weight excluding hydrogens is 214 g/mol. The Kier molecular flexibility index (Phi) is 4.98. The number of hydrogen-bond donors (Lipinski definition) is 2. The lowest BCUT2D eigenvalue weighted by molar-refractivity contribution is 0.0263. The zero-order chi connectivity index (χ0) is 11.9. The molecule has 1 aliphatic rings. The van der Waals surface area contributed by atoms with Gasteiger partial charge in [-0.2, -0.15) is 0 Å². The van der Waals surface area contributed by atoms with Crippen LogP contribution >= 0.6 is 0 Å². The molecule has 2 N–H and O–H groups in total. The minimum Gasteiger partial charge on any atom is -0.389 e. The summed E-state index contributed by atoms with van der Waals surface area (Å²) in [7, 11) is 0. The van der Waals surface area contributed by atoms with Gasteiger partial charge in [0.15, 0.2) is 0 Å². The number of rotatable bonds is 7. The summed E-state index contributed by atoms with van der Waals surface area (Å²) in [5.41, 5.74) is 1.15. The van der Waals surface area contributed by atoms with E-state index in [2.05, 4.69) is 5.32 Å². The topological polar surface area (TPSA) is 41.5 Å². The van der Waals surface area contributed by atoms with Gasteiger partial charge >= 0.3 is 0 Å². The van der Waals surface area contributed by atoms with Gasteiger partial charge in [0, 0.05) is 12.6 Å². The van der Waals surface area contributed by atoms with Gasteiger partial charge in [0.2, 0.25) is 0 Å². The maximum atomic E-state index is 9.71. The van der Waals surface area contributed by atoms with Crippen molar-refractivity contribution in [2.75, 3.05) is 13.2 Å². The van der Waals surface area contributed by atoms with E-state index in [0.29, 0.717) is 25.8 Å². The van der Waals surface area contributed by atoms with Crippen LogP contribution in [0, 0.1) is 0 Å². The molecule has 0 bridgehead atoms. The summed E-state index contributed by atoms with van der Waals surface area (Å²) in [4.78, 5) is 0. The molecule has 2 rings (SSSR count). The average Bonchev–Trinajstić information content (AvgIpc) is 2.28. The Bertz CT molecular complexity index is 311. The number of ether oxygens (including phenoxy) is 1. The summed E-state index contributed by atoms with van der Waals surface area (Å²) in [5, 5.41) is 13.0. The third-order valence-corrected chi connectivity index (χ3v) is 3.17. The Hall–Kier alpha value is -0.900. The first-order chi connectivity index (χ1) is 8.34. The van der Waals surface area contributed by atoms with E-state index in [9.17, 15) is 5.11 Å². The highest BCUT2D eigenvalue weighted by Gasteiger charge is 2.17. The van der Waals surface area contributed by atoms with Crippen LogP contribution < -0.4 is 5.32 Å². The molecule has 1 unspecified atom stereocenters. The van der Waals surface area contributed by atoms with Gasteiger partial charge in [0.25, 0.3) is 0 Å². The third-order valence-electron chi connectivity index (χ3n) is 3.17. The van der Waals surface area contributed by atoms with E-state index in [-0.39, 0.29) is 0 Å². The van der Waals surface area contributed by atoms with Crippen LogP contribution in [-0.4, -0.2) is 30.4 Å². The smallest absolute Gasteiger partial charge is 0.0897 e. The molecule has 0 radical (unpaired) electrons. The van der Waals surface area contributed by atoms with Crippen LogP contribution in [0.25, 0.3) is 0 Å². The molecule has 17 heavy (non-hydrogen) atoms. The highest BCUT2D eigenvalue weighted by Crippen LogP contribution is 2.17. The van der Waals surface area contributed by atoms with Gasteiger partial charge in [-0.25, -0.2) is 0 Å². The summed E-state index contributed by atoms with van der Waals surface area (Å²) >= 11 is 0. The van der Waals surface area contributed by atoms with E-state index in [4.69, 9.17) is 4.74 Å². The molecule has 1 atom stereocenters. The van der Waals surface area contributed by atoms with E-state index < -0.39 is 6.10 Å². The molecule has 3 heteroatoms. The van der Waals surface area contributed by atoms with Crippen LogP contribution in [0.2, 0.25) is 0 Å². The van der Waals surface area contributed by atoms with Gasteiger partial charge in [-0.3, -0.25) is 0 Å². The van der Waals surface area contributed by atoms with Gasteiger partial charge < -0.3 is 15.2 Å². The Morgan fingerprint density at radius 2 is 2.06 bits per heavy atom. The van der Waals surface area contributed by atoms with Crippen molar-refractivity contribution in [1.82, 2.24) is 5.32 Å². The fourth-order valence-corrected chi connectivity index (χ4v) is 1.86. The number of nitrogens with one attached hydrogen (secondary N) is 1. The van der Waals surface area contributed by atoms with Crippen molar-refractivity contribution in [3.8, 4) is 0 Å². The first kappa shape index (κ1) is 12.6. The largest absolute Gasteiger partial charge is 0.389 e. The molecule has 0 amide bonds. The maximum absolute atomic E-state index is 9.71. The quantitative estimate of drug-likeness (QED) is 0.756. The van der Waals surface area contributed by atoms with Gasteiger partial charge in [0.05, 0.1) is 19.3 Å². The molecule has 1 aromatic carbocycles. The Morgan fingerprint density at radius 1 is 1.29 bits per heavy atom. The summed E-state index contributed by atoms with van der Waals surface area (Å²) in [6, 6.07) is 10.7. The van der Waals surface area contributed by atoms with Crippen molar-refractivity contribution in [2.24, 2.45) is 0 Å². The molecule has 1 saturated carbocycles. The minimum absolute atomic E-state index is 0.397. The highest BCUT2D eigenvalue weighted by molar-refractivity contribution is 5.13. The van der Waals surface area contributed by atoms with E-state index in [1.54, 1.807) is 0 Å². The lowest BCUT2D eigenvalue weighted by Crippen LogP contribution is -2.41. The molecule has 1 aliphatic carbocycles. The molecule has 1 aromatic rings. The summed E-state index contributed by atoms with van der Waals surface area (Å²) in [5.74, 6) is 0. The first-order valence-electron chi connectivity index (χ1n) is 6.38. The number of aliphatic hydroxyl groups is 1. The summed E-state index contributed by atoms with van der Waals surface area (Å²) in [6.07, 6.45) is 3.41. The highest BCUT2D eigenvalue weighted by atomic mass is 16.5. The third kappa shape index (κ3) is 4.46. The standard InChI is InChI=1S/C14H21NO2/c16-14(9-15-13-7-4-8-13)11-17-10-12-5-2-1-3-6-12/h1-3,5-6,13-16H,4,7-11H2. The Balaban J connectivity index is 1.54. The van der Waals surface area contributed by atoms with Crippen LogP contribution in [0.1, 0.15) is 24.8 Å². The lowest BCUT2D eigenvalue weighted by Gasteiger charge is -2.27. The second kappa shape index (κ2) is 6.74. The predicted octanol–water partition coefficient (Wildman–Crippen LogP) is 1.71. The molecule has 3 nitrogen and oxygen atoms in total. The molecule has 0 aliphatic heterocycles. The van der Waals surface area contributed by atoms with Crippen molar-refractivity contribution in [3.05, 3.63) is 35.9 Å². The van der Waals surface area contributed by atoms with Crippen LogP contribution in [-0.2, 0) is 11.3 Å². The van der Waals surface area contributed by atoms with Crippen LogP contribution in [0.15, 0.2) is 30.3 Å². The predicted molar refractivity (Wildman–Crippen MR) is 67.7 cm³/mol. The summed E-state index contributed by atoms with van der Waals surface area (Å²) < 4.78 is 5.48. The average molecular weight is 235 g/mol. The van der Waals surface area contributed by atoms with Crippen molar-refractivity contribution >= 4 is 0 Å². The van der Waals surface area contributed by atoms with Crippen molar-refractivity contribution in [1.29, 1.82) is 0 Å². The fraction of sp³-hybridized carbons (Fsp3) is 0.571. The van der Waals surface area contributed by atoms with Gasteiger partial charge in [-0.05, 0) is 18.4 Å². The number of hydrogen-bond acceptors (Lipinski definition) is 3. The van der Waals surface area contributed by atoms with Crippen molar-refractivity contribution in [2.45, 2.75) is 38.0 Å². The second-order valence-electron chi connectivity index (χ2n) is 4.69. The monoisotopic (exact) mass is 235 g/mol. The van der Waals surface area contributed by atoms with Gasteiger partial charge in [-0.15, -0.1) is 0 Å². The van der Waals surface area contributed by atoms with Crippen LogP contribution in [0.5, 0.6) is 0 Å². The Labute approximate surface area is 103 Å². The normalized spacial score (nSPS) is 17.7. The van der Waals surface area contributed by atoms with E-state index in [0.717, 1.165) is 5.56 Å². The second-order valence-corrected chi connectivity index (χ2v) is 4.69. The number of aliphatic hydroxyl groups excluding tert-OH is 1. The maximum Gasteiger partial charge on any atom is 0.0897 e. The van der Waals surface area contributed by atoms with Crippen molar-refractivity contribution < 1.29 is 9.84 Å². The van der Waals surface area contributed by atoms with Gasteiger partial charge in [0.1, 0.15) is 0 Å². The molecule has 94 valence electrons. The van der Waals surface area contributed by atoms with E-state index >= 15 is 0 Å². The Morgan fingerprint density at radius 3 is 2.71 bits per heavy atom. The number of benzene rings is 1. The zero-order valence-corrected chi connectivity index (χ0v) is 10.1. The molecule has 0 saturated heterocycles. The van der Waals surface area contributed by atoms with E-state index in [1.165, 1.54) is 19.3 Å². The minimum atomic E-state index is -0.403. The van der Waals surface area contributed by atoms with E-state index in [1.807, 2.05) is 30.3 Å². The summed E-state index contributed by atoms with van der Waals surface area (Å²) in [6.45, 7) is 1.61. The van der Waals surface area contributed by atoms with Gasteiger partial charge in [-0.1, -0.05) is 36.8 Å². The lowest BCUT2D eigenvalue weighted by atomic mass is 9.93. The van der Waals surface area contributed by atoms with Crippen LogP contribution in [0.3, 0.4) is 0 Å². The fourth-order valence-electron chi connectivity index (χ4n) is 1.86. The SMILES string of the molecule is OC(CNC1CCC1)COCc1ccccc1. The molecule has 0 spiro atoms. The first-order valence-corrected chi connectivity index (χ1v) is 6.38. The molecular formula is C14H21NO2.